The summed E-state index contributed by atoms with van der Waals surface area (Å²) in [5, 5.41) is 9.17. The van der Waals surface area contributed by atoms with Crippen LogP contribution < -0.4 is 5.32 Å². The van der Waals surface area contributed by atoms with E-state index in [0.29, 0.717) is 0 Å². The van der Waals surface area contributed by atoms with Crippen LogP contribution in [-0.2, 0) is 0 Å². The lowest BCUT2D eigenvalue weighted by atomic mass is 9.99. The Morgan fingerprint density at radius 2 is 1.69 bits per heavy atom. The van der Waals surface area contributed by atoms with Gasteiger partial charge in [-0.05, 0) is 41.1 Å². The fourth-order valence-corrected chi connectivity index (χ4v) is 4.61. The molecule has 6 rings (SSSR count). The molecule has 0 radical (unpaired) electrons. The molecule has 0 saturated heterocycles. The maximum atomic E-state index is 5.06. The van der Waals surface area contributed by atoms with Crippen LogP contribution in [0, 0.1) is 0 Å². The highest BCUT2D eigenvalue weighted by molar-refractivity contribution is 9.10. The summed E-state index contributed by atoms with van der Waals surface area (Å²) in [6.07, 6.45) is 2.03. The third kappa shape index (κ3) is 2.41. The number of aromatic amines is 2. The van der Waals surface area contributed by atoms with E-state index in [9.17, 15) is 0 Å². The van der Waals surface area contributed by atoms with Gasteiger partial charge in [0.05, 0.1) is 11.0 Å². The second-order valence-corrected chi connectivity index (χ2v) is 8.17. The van der Waals surface area contributed by atoms with Gasteiger partial charge in [0, 0.05) is 50.6 Å². The number of nitrogens with one attached hydrogen (secondary N) is 3. The Morgan fingerprint density at radius 3 is 2.55 bits per heavy atom. The second-order valence-electron chi connectivity index (χ2n) is 7.26. The average molecular weight is 441 g/mol. The molecule has 5 heteroatoms. The van der Waals surface area contributed by atoms with Gasteiger partial charge in [-0.1, -0.05) is 46.3 Å². The van der Waals surface area contributed by atoms with Gasteiger partial charge in [-0.25, -0.2) is 4.98 Å². The molecule has 2 aromatic heterocycles. The number of aromatic nitrogens is 3. The summed E-state index contributed by atoms with van der Waals surface area (Å²) in [5.41, 5.74) is 5.31. The maximum Gasteiger partial charge on any atom is 0.140 e. The Kier molecular flexibility index (Phi) is 3.49. The minimum Gasteiger partial charge on any atom is -0.388 e. The van der Waals surface area contributed by atoms with Crippen LogP contribution in [0.2, 0.25) is 0 Å². The molecule has 0 aliphatic carbocycles. The van der Waals surface area contributed by atoms with Gasteiger partial charge in [-0.2, -0.15) is 0 Å². The van der Waals surface area contributed by atoms with Gasteiger partial charge in [0.2, 0.25) is 0 Å². The Bertz CT molecular complexity index is 1560. The number of rotatable bonds is 2. The van der Waals surface area contributed by atoms with Crippen molar-refractivity contribution < 1.29 is 0 Å². The van der Waals surface area contributed by atoms with E-state index in [1.165, 1.54) is 16.2 Å². The fraction of sp³-hybridized carbons (Fsp3) is 0.0417. The smallest absolute Gasteiger partial charge is 0.140 e. The molecule has 6 aromatic rings. The van der Waals surface area contributed by atoms with Gasteiger partial charge >= 0.3 is 0 Å². The number of H-pyrrole nitrogens is 2. The number of anilines is 1. The number of imidazole rings is 1. The molecule has 4 nitrogen and oxygen atoms in total. The van der Waals surface area contributed by atoms with E-state index in [0.717, 1.165) is 48.9 Å². The highest BCUT2D eigenvalue weighted by Crippen LogP contribution is 2.37. The van der Waals surface area contributed by atoms with Crippen LogP contribution >= 0.6 is 15.9 Å². The first-order chi connectivity index (χ1) is 14.2. The lowest BCUT2D eigenvalue weighted by molar-refractivity contribution is 1.34. The van der Waals surface area contributed by atoms with Gasteiger partial charge in [0.1, 0.15) is 5.82 Å². The van der Waals surface area contributed by atoms with Crippen molar-refractivity contribution in [2.45, 2.75) is 0 Å². The number of benzene rings is 4. The van der Waals surface area contributed by atoms with Crippen molar-refractivity contribution in [3.8, 4) is 11.4 Å². The monoisotopic (exact) mass is 440 g/mol. The first kappa shape index (κ1) is 16.6. The van der Waals surface area contributed by atoms with Crippen LogP contribution in [0.1, 0.15) is 0 Å². The van der Waals surface area contributed by atoms with E-state index in [2.05, 4.69) is 85.8 Å². The highest BCUT2D eigenvalue weighted by atomic mass is 79.9. The zero-order valence-corrected chi connectivity index (χ0v) is 17.3. The predicted octanol–water partition coefficient (Wildman–Crippen LogP) is 6.82. The quantitative estimate of drug-likeness (QED) is 0.258. The largest absolute Gasteiger partial charge is 0.388 e. The Labute approximate surface area is 175 Å². The average Bonchev–Trinajstić information content (AvgIpc) is 3.37. The summed E-state index contributed by atoms with van der Waals surface area (Å²) in [5.74, 6) is 0.872. The Morgan fingerprint density at radius 1 is 0.862 bits per heavy atom. The summed E-state index contributed by atoms with van der Waals surface area (Å²) in [7, 11) is 1.95. The summed E-state index contributed by atoms with van der Waals surface area (Å²) < 4.78 is 1.05. The van der Waals surface area contributed by atoms with Gasteiger partial charge in [0.25, 0.3) is 0 Å². The van der Waals surface area contributed by atoms with Crippen molar-refractivity contribution in [1.29, 1.82) is 0 Å². The van der Waals surface area contributed by atoms with Gasteiger partial charge in [0.15, 0.2) is 0 Å². The van der Waals surface area contributed by atoms with Crippen LogP contribution in [-0.4, -0.2) is 22.0 Å². The van der Waals surface area contributed by atoms with Gasteiger partial charge in [-0.3, -0.25) is 0 Å². The number of hydrogen-bond donors (Lipinski definition) is 3. The third-order valence-electron chi connectivity index (χ3n) is 5.65. The molecule has 0 spiro atoms. The normalized spacial score (nSPS) is 11.8. The fourth-order valence-electron chi connectivity index (χ4n) is 4.25. The molecule has 4 aromatic carbocycles. The first-order valence-corrected chi connectivity index (χ1v) is 10.3. The summed E-state index contributed by atoms with van der Waals surface area (Å²) >= 11 is 3.59. The van der Waals surface area contributed by atoms with E-state index in [4.69, 9.17) is 4.98 Å². The second kappa shape index (κ2) is 6.09. The Balaban J connectivity index is 1.75. The molecule has 0 aliphatic rings. The molecule has 0 aliphatic heterocycles. The number of nitrogens with zero attached hydrogens (tertiary/aromatic N) is 1. The van der Waals surface area contributed by atoms with Crippen LogP contribution in [0.25, 0.3) is 54.9 Å². The third-order valence-corrected chi connectivity index (χ3v) is 6.15. The molecule has 140 valence electrons. The van der Waals surface area contributed by atoms with E-state index >= 15 is 0 Å². The SMILES string of the molecule is CNc1ccc2c3ccccc3c3nc(-c4c[nH]c5ccc(Br)cc45)[nH]c3c2c1. The molecule has 29 heavy (non-hydrogen) atoms. The molecular formula is C24H17BrN4. The van der Waals surface area contributed by atoms with E-state index < -0.39 is 0 Å². The lowest BCUT2D eigenvalue weighted by Gasteiger charge is -2.08. The lowest BCUT2D eigenvalue weighted by Crippen LogP contribution is -1.88. The topological polar surface area (TPSA) is 56.5 Å². The van der Waals surface area contributed by atoms with Crippen molar-refractivity contribution >= 4 is 65.1 Å². The number of fused-ring (bicyclic) bond motifs is 7. The van der Waals surface area contributed by atoms with Crippen molar-refractivity contribution in [3.05, 3.63) is 71.3 Å². The minimum absolute atomic E-state index is 0.872. The van der Waals surface area contributed by atoms with Crippen molar-refractivity contribution in [2.24, 2.45) is 0 Å². The van der Waals surface area contributed by atoms with Crippen molar-refractivity contribution in [1.82, 2.24) is 15.0 Å². The minimum atomic E-state index is 0.872. The molecule has 0 atom stereocenters. The summed E-state index contributed by atoms with van der Waals surface area (Å²) in [6.45, 7) is 0. The predicted molar refractivity (Wildman–Crippen MR) is 126 cm³/mol. The van der Waals surface area contributed by atoms with Gasteiger partial charge < -0.3 is 15.3 Å². The zero-order chi connectivity index (χ0) is 19.5. The standard InChI is InChI=1S/C24H17BrN4/c1-26-14-7-8-16-15-4-2-3-5-17(15)22-23(19(16)11-14)29-24(28-22)20-12-27-21-9-6-13(25)10-18(20)21/h2-12,26-27H,1H3,(H,28,29). The highest BCUT2D eigenvalue weighted by Gasteiger charge is 2.16. The zero-order valence-electron chi connectivity index (χ0n) is 15.7. The van der Waals surface area contributed by atoms with Gasteiger partial charge in [-0.15, -0.1) is 0 Å². The number of hydrogen-bond acceptors (Lipinski definition) is 2. The van der Waals surface area contributed by atoms with E-state index in [-0.39, 0.29) is 0 Å². The molecular weight excluding hydrogens is 424 g/mol. The molecule has 0 unspecified atom stereocenters. The van der Waals surface area contributed by atoms with Crippen molar-refractivity contribution in [2.75, 3.05) is 12.4 Å². The molecule has 0 saturated carbocycles. The van der Waals surface area contributed by atoms with Crippen LogP contribution in [0.4, 0.5) is 5.69 Å². The van der Waals surface area contributed by atoms with Crippen LogP contribution in [0.15, 0.2) is 71.3 Å². The number of halogens is 1. The molecule has 0 amide bonds. The van der Waals surface area contributed by atoms with E-state index in [1.54, 1.807) is 0 Å². The first-order valence-electron chi connectivity index (χ1n) is 9.52. The molecule has 0 bridgehead atoms. The van der Waals surface area contributed by atoms with E-state index in [1.807, 2.05) is 19.3 Å². The van der Waals surface area contributed by atoms with Crippen LogP contribution in [0.5, 0.6) is 0 Å². The maximum absolute atomic E-state index is 5.06. The molecule has 2 heterocycles. The molecule has 3 N–H and O–H groups in total. The van der Waals surface area contributed by atoms with Crippen molar-refractivity contribution in [3.63, 3.8) is 0 Å². The summed E-state index contributed by atoms with van der Waals surface area (Å²) in [6, 6.07) is 21.2. The molecule has 0 fully saturated rings. The van der Waals surface area contributed by atoms with Crippen LogP contribution in [0.3, 0.4) is 0 Å². The summed E-state index contributed by atoms with van der Waals surface area (Å²) in [4.78, 5) is 12.0. The Hall–Kier alpha value is -3.31.